The van der Waals surface area contributed by atoms with Gasteiger partial charge in [-0.3, -0.25) is 0 Å². The summed E-state index contributed by atoms with van der Waals surface area (Å²) in [6.07, 6.45) is 2.14. The maximum Gasteiger partial charge on any atom is 0.0378 e. The summed E-state index contributed by atoms with van der Waals surface area (Å²) in [7, 11) is 0. The molecule has 18 heavy (non-hydrogen) atoms. The predicted molar refractivity (Wildman–Crippen MR) is 81.1 cm³/mol. The first-order chi connectivity index (χ1) is 8.20. The van der Waals surface area contributed by atoms with Crippen molar-refractivity contribution in [1.82, 2.24) is 0 Å². The minimum atomic E-state index is -0.0643. The molecule has 0 radical (unpaired) electrons. The Morgan fingerprint density at radius 1 is 1.06 bits per heavy atom. The number of rotatable bonds is 5. The molecule has 0 aliphatic carbocycles. The highest BCUT2D eigenvalue weighted by molar-refractivity contribution is 5.54. The van der Waals surface area contributed by atoms with Crippen molar-refractivity contribution < 1.29 is 0 Å². The van der Waals surface area contributed by atoms with Crippen LogP contribution in [0.15, 0.2) is 24.3 Å². The topological polar surface area (TPSA) is 38.0 Å². The first-order valence-electron chi connectivity index (χ1n) is 6.82. The van der Waals surface area contributed by atoms with E-state index in [1.54, 1.807) is 0 Å². The van der Waals surface area contributed by atoms with Gasteiger partial charge in [-0.05, 0) is 43.7 Å². The van der Waals surface area contributed by atoms with Crippen molar-refractivity contribution in [3.05, 3.63) is 29.8 Å². The fraction of sp³-hybridized carbons (Fsp3) is 0.625. The van der Waals surface area contributed by atoms with Crippen molar-refractivity contribution in [2.24, 2.45) is 5.73 Å². The number of hydrogen-bond donors (Lipinski definition) is 2. The van der Waals surface area contributed by atoms with Gasteiger partial charge in [-0.1, -0.05) is 39.0 Å². The predicted octanol–water partition coefficient (Wildman–Crippen LogP) is 3.91. The third-order valence-corrected chi connectivity index (χ3v) is 3.05. The second kappa shape index (κ2) is 5.75. The molecule has 0 aromatic heterocycles. The molecule has 0 spiro atoms. The van der Waals surface area contributed by atoms with E-state index in [0.717, 1.165) is 19.4 Å². The van der Waals surface area contributed by atoms with Gasteiger partial charge in [0.25, 0.3) is 0 Å². The van der Waals surface area contributed by atoms with Gasteiger partial charge in [0.1, 0.15) is 0 Å². The molecule has 2 nitrogen and oxygen atoms in total. The molecule has 0 unspecified atom stereocenters. The molecule has 3 N–H and O–H groups in total. The Bertz CT molecular complexity index is 369. The molecule has 1 aromatic rings. The lowest BCUT2D eigenvalue weighted by Gasteiger charge is -2.24. The Labute approximate surface area is 112 Å². The molecule has 0 amide bonds. The summed E-state index contributed by atoms with van der Waals surface area (Å²) in [4.78, 5) is 0. The minimum absolute atomic E-state index is 0.0643. The van der Waals surface area contributed by atoms with E-state index >= 15 is 0 Å². The second-order valence-corrected chi connectivity index (χ2v) is 6.81. The summed E-state index contributed by atoms with van der Waals surface area (Å²) in [6, 6.07) is 8.56. The van der Waals surface area contributed by atoms with E-state index in [4.69, 9.17) is 5.73 Å². The van der Waals surface area contributed by atoms with Crippen LogP contribution in [-0.2, 0) is 5.41 Å². The molecule has 0 bridgehead atoms. The number of benzene rings is 1. The number of nitrogens with one attached hydrogen (secondary N) is 1. The Morgan fingerprint density at radius 2 is 1.67 bits per heavy atom. The van der Waals surface area contributed by atoms with Crippen LogP contribution in [0.2, 0.25) is 0 Å². The lowest BCUT2D eigenvalue weighted by atomic mass is 9.86. The van der Waals surface area contributed by atoms with Crippen molar-refractivity contribution in [1.29, 1.82) is 0 Å². The largest absolute Gasteiger partial charge is 0.385 e. The van der Waals surface area contributed by atoms with Crippen molar-refractivity contribution >= 4 is 5.69 Å². The van der Waals surface area contributed by atoms with E-state index in [9.17, 15) is 0 Å². The molecule has 0 saturated carbocycles. The van der Waals surface area contributed by atoms with E-state index < -0.39 is 0 Å². The molecular formula is C16H28N2. The monoisotopic (exact) mass is 248 g/mol. The van der Waals surface area contributed by atoms with Crippen LogP contribution in [0.5, 0.6) is 0 Å². The van der Waals surface area contributed by atoms with Gasteiger partial charge in [-0.2, -0.15) is 0 Å². The van der Waals surface area contributed by atoms with Crippen LogP contribution in [0.25, 0.3) is 0 Å². The highest BCUT2D eigenvalue weighted by atomic mass is 14.9. The van der Waals surface area contributed by atoms with E-state index in [1.165, 1.54) is 11.3 Å². The lowest BCUT2D eigenvalue weighted by molar-refractivity contribution is 0.465. The van der Waals surface area contributed by atoms with Gasteiger partial charge in [-0.15, -0.1) is 0 Å². The zero-order valence-corrected chi connectivity index (χ0v) is 12.5. The third-order valence-electron chi connectivity index (χ3n) is 3.05. The molecule has 0 aliphatic rings. The smallest absolute Gasteiger partial charge is 0.0378 e. The van der Waals surface area contributed by atoms with E-state index in [0.29, 0.717) is 0 Å². The molecule has 0 heterocycles. The Kier molecular flexibility index (Phi) is 4.80. The molecular weight excluding hydrogens is 220 g/mol. The van der Waals surface area contributed by atoms with Crippen molar-refractivity contribution in [3.8, 4) is 0 Å². The van der Waals surface area contributed by atoms with E-state index in [2.05, 4.69) is 64.2 Å². The number of anilines is 1. The molecule has 102 valence electrons. The van der Waals surface area contributed by atoms with Crippen LogP contribution in [0.1, 0.15) is 53.0 Å². The molecule has 1 rings (SSSR count). The molecule has 0 fully saturated rings. The van der Waals surface area contributed by atoms with Gasteiger partial charge in [0.05, 0.1) is 0 Å². The number of para-hydroxylation sites is 1. The lowest BCUT2D eigenvalue weighted by Crippen LogP contribution is -2.32. The maximum absolute atomic E-state index is 5.99. The number of nitrogens with two attached hydrogens (primary N) is 1. The van der Waals surface area contributed by atoms with E-state index in [1.807, 2.05) is 0 Å². The summed E-state index contributed by atoms with van der Waals surface area (Å²) in [6.45, 7) is 11.9. The zero-order chi connectivity index (χ0) is 13.8. The quantitative estimate of drug-likeness (QED) is 0.775. The van der Waals surface area contributed by atoms with Crippen molar-refractivity contribution in [2.45, 2.75) is 58.4 Å². The molecule has 0 saturated heterocycles. The number of hydrogen-bond acceptors (Lipinski definition) is 2. The standard InChI is InChI=1S/C16H28N2/c1-15(2,3)13-9-6-7-10-14(13)18-12-8-11-16(4,5)17/h6-7,9-10,18H,8,11-12,17H2,1-5H3. The zero-order valence-electron chi connectivity index (χ0n) is 12.5. The average Bonchev–Trinajstić information content (AvgIpc) is 2.22. The summed E-state index contributed by atoms with van der Waals surface area (Å²) < 4.78 is 0. The van der Waals surface area contributed by atoms with Gasteiger partial charge in [0.15, 0.2) is 0 Å². The van der Waals surface area contributed by atoms with Gasteiger partial charge >= 0.3 is 0 Å². The van der Waals surface area contributed by atoms with Crippen LogP contribution in [0, 0.1) is 0 Å². The van der Waals surface area contributed by atoms with E-state index in [-0.39, 0.29) is 11.0 Å². The molecule has 0 atom stereocenters. The normalized spacial score (nSPS) is 12.6. The van der Waals surface area contributed by atoms with Gasteiger partial charge in [-0.25, -0.2) is 0 Å². The average molecular weight is 248 g/mol. The van der Waals surface area contributed by atoms with Crippen molar-refractivity contribution in [2.75, 3.05) is 11.9 Å². The first-order valence-corrected chi connectivity index (χ1v) is 6.82. The summed E-state index contributed by atoms with van der Waals surface area (Å²) >= 11 is 0. The molecule has 2 heteroatoms. The maximum atomic E-state index is 5.99. The Hall–Kier alpha value is -1.02. The van der Waals surface area contributed by atoms with Gasteiger partial charge < -0.3 is 11.1 Å². The summed E-state index contributed by atoms with van der Waals surface area (Å²) in [5, 5.41) is 3.54. The fourth-order valence-corrected chi connectivity index (χ4v) is 2.06. The fourth-order valence-electron chi connectivity index (χ4n) is 2.06. The van der Waals surface area contributed by atoms with Gasteiger partial charge in [0.2, 0.25) is 0 Å². The van der Waals surface area contributed by atoms with Crippen LogP contribution in [0.3, 0.4) is 0 Å². The first kappa shape index (κ1) is 15.0. The highest BCUT2D eigenvalue weighted by Gasteiger charge is 2.17. The Balaban J connectivity index is 2.58. The van der Waals surface area contributed by atoms with Crippen LogP contribution >= 0.6 is 0 Å². The van der Waals surface area contributed by atoms with Gasteiger partial charge in [0, 0.05) is 17.8 Å². The molecule has 1 aromatic carbocycles. The minimum Gasteiger partial charge on any atom is -0.385 e. The van der Waals surface area contributed by atoms with Crippen LogP contribution in [-0.4, -0.2) is 12.1 Å². The summed E-state index contributed by atoms with van der Waals surface area (Å²) in [5.74, 6) is 0. The Morgan fingerprint density at radius 3 is 2.22 bits per heavy atom. The van der Waals surface area contributed by atoms with Crippen molar-refractivity contribution in [3.63, 3.8) is 0 Å². The summed E-state index contributed by atoms with van der Waals surface area (Å²) in [5.41, 5.74) is 8.72. The molecule has 0 aliphatic heterocycles. The second-order valence-electron chi connectivity index (χ2n) is 6.81. The van der Waals surface area contributed by atoms with Crippen LogP contribution < -0.4 is 11.1 Å². The SMILES string of the molecule is CC(C)(N)CCCNc1ccccc1C(C)(C)C. The third kappa shape index (κ3) is 5.09. The highest BCUT2D eigenvalue weighted by Crippen LogP contribution is 2.29. The van der Waals surface area contributed by atoms with Crippen LogP contribution in [0.4, 0.5) is 5.69 Å².